The summed E-state index contributed by atoms with van der Waals surface area (Å²) in [6.07, 6.45) is 2.95. The van der Waals surface area contributed by atoms with Gasteiger partial charge in [-0.15, -0.1) is 0 Å². The molecular formula is C14H26N2O. The second-order valence-electron chi connectivity index (χ2n) is 7.04. The highest BCUT2D eigenvalue weighted by Crippen LogP contribution is 2.44. The number of aryl methyl sites for hydroxylation is 1. The number of aromatic nitrogens is 2. The van der Waals surface area contributed by atoms with Crippen molar-refractivity contribution >= 4 is 0 Å². The topological polar surface area (TPSA) is 38.9 Å². The van der Waals surface area contributed by atoms with E-state index in [9.17, 15) is 0 Å². The first-order chi connectivity index (χ1) is 7.60. The van der Waals surface area contributed by atoms with E-state index >= 15 is 0 Å². The van der Waals surface area contributed by atoms with Crippen molar-refractivity contribution in [1.29, 1.82) is 0 Å². The molecule has 1 aromatic heterocycles. The molecule has 0 aliphatic heterocycles. The summed E-state index contributed by atoms with van der Waals surface area (Å²) in [5, 5.41) is 3.70. The molecule has 0 atom stereocenters. The molecule has 98 valence electrons. The molecule has 1 fully saturated rings. The van der Waals surface area contributed by atoms with Crippen molar-refractivity contribution in [2.24, 2.45) is 11.3 Å². The Labute approximate surface area is 105 Å². The van der Waals surface area contributed by atoms with Gasteiger partial charge < -0.3 is 4.52 Å². The summed E-state index contributed by atoms with van der Waals surface area (Å²) < 4.78 is 4.97. The van der Waals surface area contributed by atoms with E-state index in [1.54, 1.807) is 0 Å². The Balaban J connectivity index is 0.000000181. The molecule has 0 unspecified atom stereocenters. The van der Waals surface area contributed by atoms with E-state index in [-0.39, 0.29) is 5.41 Å². The van der Waals surface area contributed by atoms with Crippen LogP contribution < -0.4 is 0 Å². The number of hydrogen-bond donors (Lipinski definition) is 0. The molecule has 0 spiro atoms. The summed E-state index contributed by atoms with van der Waals surface area (Å²) in [7, 11) is 0. The summed E-state index contributed by atoms with van der Waals surface area (Å²) in [4.78, 5) is 4.10. The highest BCUT2D eigenvalue weighted by molar-refractivity contribution is 4.96. The fourth-order valence-electron chi connectivity index (χ4n) is 1.55. The zero-order valence-electron chi connectivity index (χ0n) is 12.3. The minimum atomic E-state index is -0.0265. The summed E-state index contributed by atoms with van der Waals surface area (Å²) in [5.41, 5.74) is 0.585. The molecule has 0 bridgehead atoms. The maximum Gasteiger partial charge on any atom is 0.232 e. The van der Waals surface area contributed by atoms with Crippen LogP contribution in [0, 0.1) is 18.3 Å². The van der Waals surface area contributed by atoms with Gasteiger partial charge in [0.25, 0.3) is 0 Å². The number of rotatable bonds is 0. The van der Waals surface area contributed by atoms with E-state index in [1.807, 2.05) is 27.7 Å². The number of hydrogen-bond acceptors (Lipinski definition) is 3. The standard InChI is InChI=1S/C7H12N2O.C7H14/c1-5-8-6(10-9-5)7(2,3)4;1-7(2,3)6-4-5-6/h1-4H3;6H,4-5H2,1-3H3. The quantitative estimate of drug-likeness (QED) is 0.682. The Kier molecular flexibility index (Phi) is 4.00. The van der Waals surface area contributed by atoms with Gasteiger partial charge in [0.1, 0.15) is 0 Å². The van der Waals surface area contributed by atoms with Crippen LogP contribution in [0.5, 0.6) is 0 Å². The van der Waals surface area contributed by atoms with Crippen molar-refractivity contribution in [3.05, 3.63) is 11.7 Å². The Morgan fingerprint density at radius 3 is 1.71 bits per heavy atom. The first-order valence-electron chi connectivity index (χ1n) is 6.41. The van der Waals surface area contributed by atoms with Crippen molar-refractivity contribution in [3.63, 3.8) is 0 Å². The van der Waals surface area contributed by atoms with Gasteiger partial charge >= 0.3 is 0 Å². The van der Waals surface area contributed by atoms with Gasteiger partial charge in [0.2, 0.25) is 5.89 Å². The Morgan fingerprint density at radius 2 is 1.59 bits per heavy atom. The molecular weight excluding hydrogens is 212 g/mol. The molecule has 0 N–H and O–H groups in total. The van der Waals surface area contributed by atoms with E-state index in [4.69, 9.17) is 4.52 Å². The normalized spacial score (nSPS) is 16.4. The van der Waals surface area contributed by atoms with E-state index in [2.05, 4.69) is 30.9 Å². The molecule has 1 heterocycles. The van der Waals surface area contributed by atoms with Gasteiger partial charge in [-0.3, -0.25) is 0 Å². The van der Waals surface area contributed by atoms with E-state index in [0.717, 1.165) is 5.92 Å². The lowest BCUT2D eigenvalue weighted by atomic mass is 9.91. The fraction of sp³-hybridized carbons (Fsp3) is 0.857. The molecule has 0 radical (unpaired) electrons. The third-order valence-corrected chi connectivity index (χ3v) is 2.97. The highest BCUT2D eigenvalue weighted by Gasteiger charge is 2.33. The van der Waals surface area contributed by atoms with Crippen LogP contribution >= 0.6 is 0 Å². The lowest BCUT2D eigenvalue weighted by Gasteiger charge is -2.15. The average molecular weight is 238 g/mol. The molecule has 0 amide bonds. The molecule has 1 saturated carbocycles. The molecule has 3 nitrogen and oxygen atoms in total. The van der Waals surface area contributed by atoms with Crippen LogP contribution in [0.25, 0.3) is 0 Å². The van der Waals surface area contributed by atoms with Crippen molar-refractivity contribution in [2.45, 2.75) is 66.7 Å². The second-order valence-corrected chi connectivity index (χ2v) is 7.04. The minimum Gasteiger partial charge on any atom is -0.339 e. The van der Waals surface area contributed by atoms with Gasteiger partial charge in [0, 0.05) is 5.41 Å². The summed E-state index contributed by atoms with van der Waals surface area (Å²) in [5.74, 6) is 2.45. The fourth-order valence-corrected chi connectivity index (χ4v) is 1.55. The third kappa shape index (κ3) is 4.88. The van der Waals surface area contributed by atoms with Crippen LogP contribution in [-0.2, 0) is 5.41 Å². The predicted octanol–water partition coefficient (Wildman–Crippen LogP) is 4.12. The first kappa shape index (κ1) is 14.2. The van der Waals surface area contributed by atoms with Gasteiger partial charge in [-0.1, -0.05) is 46.7 Å². The van der Waals surface area contributed by atoms with Crippen LogP contribution in [0.15, 0.2) is 4.52 Å². The summed E-state index contributed by atoms with van der Waals surface area (Å²) in [6.45, 7) is 14.9. The number of nitrogens with zero attached hydrogens (tertiary/aromatic N) is 2. The second kappa shape index (κ2) is 4.79. The molecule has 0 aromatic carbocycles. The lowest BCUT2D eigenvalue weighted by molar-refractivity contribution is 0.319. The molecule has 1 aromatic rings. The third-order valence-electron chi connectivity index (χ3n) is 2.97. The van der Waals surface area contributed by atoms with Crippen molar-refractivity contribution < 1.29 is 4.52 Å². The van der Waals surface area contributed by atoms with Gasteiger partial charge in [0.05, 0.1) is 0 Å². The Bertz CT molecular complexity index is 351. The monoisotopic (exact) mass is 238 g/mol. The van der Waals surface area contributed by atoms with Crippen molar-refractivity contribution in [1.82, 2.24) is 10.1 Å². The molecule has 3 heteroatoms. The van der Waals surface area contributed by atoms with E-state index in [1.165, 1.54) is 12.8 Å². The summed E-state index contributed by atoms with van der Waals surface area (Å²) in [6, 6.07) is 0. The van der Waals surface area contributed by atoms with Gasteiger partial charge in [0.15, 0.2) is 5.82 Å². The van der Waals surface area contributed by atoms with E-state index in [0.29, 0.717) is 17.1 Å². The van der Waals surface area contributed by atoms with Crippen molar-refractivity contribution in [3.8, 4) is 0 Å². The smallest absolute Gasteiger partial charge is 0.232 e. The van der Waals surface area contributed by atoms with Crippen LogP contribution in [-0.4, -0.2) is 10.1 Å². The Hall–Kier alpha value is -0.860. The van der Waals surface area contributed by atoms with E-state index < -0.39 is 0 Å². The van der Waals surface area contributed by atoms with Crippen LogP contribution in [0.1, 0.15) is 66.1 Å². The van der Waals surface area contributed by atoms with Crippen LogP contribution in [0.2, 0.25) is 0 Å². The lowest BCUT2D eigenvalue weighted by Crippen LogP contribution is -2.11. The summed E-state index contributed by atoms with van der Waals surface area (Å²) >= 11 is 0. The molecule has 2 rings (SSSR count). The van der Waals surface area contributed by atoms with Gasteiger partial charge in [-0.05, 0) is 31.1 Å². The van der Waals surface area contributed by atoms with Gasteiger partial charge in [-0.2, -0.15) is 4.98 Å². The SMILES string of the molecule is CC(C)(C)C1CC1.Cc1noc(C(C)(C)C)n1. The van der Waals surface area contributed by atoms with Crippen molar-refractivity contribution in [2.75, 3.05) is 0 Å². The average Bonchev–Trinajstić information content (AvgIpc) is 2.88. The van der Waals surface area contributed by atoms with Crippen LogP contribution in [0.3, 0.4) is 0 Å². The molecule has 1 aliphatic rings. The molecule has 0 saturated heterocycles. The zero-order chi connectivity index (χ0) is 13.3. The first-order valence-corrected chi connectivity index (χ1v) is 6.41. The van der Waals surface area contributed by atoms with Crippen LogP contribution in [0.4, 0.5) is 0 Å². The predicted molar refractivity (Wildman–Crippen MR) is 69.9 cm³/mol. The maximum absolute atomic E-state index is 4.97. The Morgan fingerprint density at radius 1 is 1.06 bits per heavy atom. The molecule has 17 heavy (non-hydrogen) atoms. The highest BCUT2D eigenvalue weighted by atomic mass is 16.5. The minimum absolute atomic E-state index is 0.0265. The zero-order valence-corrected chi connectivity index (χ0v) is 12.3. The molecule has 1 aliphatic carbocycles. The largest absolute Gasteiger partial charge is 0.339 e. The maximum atomic E-state index is 4.97. The van der Waals surface area contributed by atoms with Gasteiger partial charge in [-0.25, -0.2) is 0 Å².